The van der Waals surface area contributed by atoms with Crippen LogP contribution in [0.5, 0.6) is 5.75 Å². The normalized spacial score (nSPS) is 12.1. The Hall–Kier alpha value is -3.32. The Morgan fingerprint density at radius 3 is 2.12 bits per heavy atom. The first-order valence-corrected chi connectivity index (χ1v) is 12.2. The van der Waals surface area contributed by atoms with Gasteiger partial charge in [-0.3, -0.25) is 9.10 Å². The minimum atomic E-state index is -3.45. The highest BCUT2D eigenvalue weighted by Gasteiger charge is 2.18. The smallest absolute Gasteiger partial charge is 0.251 e. The lowest BCUT2D eigenvalue weighted by molar-refractivity contribution is 0.0935. The number of carbonyl (C=O) groups is 1. The van der Waals surface area contributed by atoms with Crippen LogP contribution < -0.4 is 14.4 Å². The first-order valence-electron chi connectivity index (χ1n) is 10.4. The summed E-state index contributed by atoms with van der Waals surface area (Å²) < 4.78 is 31.1. The van der Waals surface area contributed by atoms with E-state index in [0.29, 0.717) is 11.3 Å². The summed E-state index contributed by atoms with van der Waals surface area (Å²) in [6.45, 7) is 2.20. The molecule has 3 rings (SSSR count). The van der Waals surface area contributed by atoms with Crippen LogP contribution in [0.4, 0.5) is 5.69 Å². The molecule has 0 saturated heterocycles. The number of hydrogen-bond donors (Lipinski definition) is 1. The highest BCUT2D eigenvalue weighted by molar-refractivity contribution is 7.92. The van der Waals surface area contributed by atoms with Gasteiger partial charge < -0.3 is 10.1 Å². The van der Waals surface area contributed by atoms with Gasteiger partial charge in [0.25, 0.3) is 5.91 Å². The lowest BCUT2D eigenvalue weighted by Gasteiger charge is -2.22. The molecule has 0 aliphatic carbocycles. The number of amides is 1. The summed E-state index contributed by atoms with van der Waals surface area (Å²) in [5, 5.41) is 3.06. The molecule has 3 aromatic carbocycles. The third-order valence-corrected chi connectivity index (χ3v) is 6.36. The molecule has 0 heterocycles. The minimum Gasteiger partial charge on any atom is -0.497 e. The van der Waals surface area contributed by atoms with Crippen LogP contribution >= 0.6 is 0 Å². The van der Waals surface area contributed by atoms with Gasteiger partial charge in [-0.1, -0.05) is 49.4 Å². The van der Waals surface area contributed by atoms with Gasteiger partial charge in [0.2, 0.25) is 10.0 Å². The number of rotatable bonds is 9. The fourth-order valence-corrected chi connectivity index (χ4v) is 4.31. The fourth-order valence-electron chi connectivity index (χ4n) is 3.42. The molecule has 0 aromatic heterocycles. The van der Waals surface area contributed by atoms with E-state index < -0.39 is 10.0 Å². The Labute approximate surface area is 189 Å². The highest BCUT2D eigenvalue weighted by atomic mass is 32.2. The first-order chi connectivity index (χ1) is 15.3. The number of para-hydroxylation sites is 1. The third kappa shape index (κ3) is 5.88. The molecule has 168 valence electrons. The van der Waals surface area contributed by atoms with Gasteiger partial charge in [-0.15, -0.1) is 0 Å². The lowest BCUT2D eigenvalue weighted by Crippen LogP contribution is -2.29. The lowest BCUT2D eigenvalue weighted by atomic mass is 10.0. The molecule has 32 heavy (non-hydrogen) atoms. The third-order valence-electron chi connectivity index (χ3n) is 5.22. The molecule has 0 fully saturated rings. The second kappa shape index (κ2) is 10.3. The molecule has 3 aromatic rings. The standard InChI is InChI=1S/C25H28N2O4S/c1-4-24(20-14-16-23(31-2)17-15-20)26-25(28)21-12-10-19(11-13-21)18-27(32(3,29)30)22-8-6-5-7-9-22/h5-17,24H,4,18H2,1-3H3,(H,26,28)/t24-/m1/s1. The van der Waals surface area contributed by atoms with Crippen molar-refractivity contribution in [3.8, 4) is 5.75 Å². The summed E-state index contributed by atoms with van der Waals surface area (Å²) >= 11 is 0. The summed E-state index contributed by atoms with van der Waals surface area (Å²) in [7, 11) is -1.83. The molecule has 0 saturated carbocycles. The molecule has 1 amide bonds. The molecule has 0 bridgehead atoms. The van der Waals surface area contributed by atoms with E-state index in [4.69, 9.17) is 4.74 Å². The highest BCUT2D eigenvalue weighted by Crippen LogP contribution is 2.22. The van der Waals surface area contributed by atoms with Crippen LogP contribution in [-0.2, 0) is 16.6 Å². The zero-order chi connectivity index (χ0) is 23.1. The zero-order valence-electron chi connectivity index (χ0n) is 18.5. The number of methoxy groups -OCH3 is 1. The Balaban J connectivity index is 1.71. The summed E-state index contributed by atoms with van der Waals surface area (Å²) in [5.41, 5.74) is 2.91. The van der Waals surface area contributed by atoms with Gasteiger partial charge in [-0.25, -0.2) is 8.42 Å². The SMILES string of the molecule is CC[C@@H](NC(=O)c1ccc(CN(c2ccccc2)S(C)(=O)=O)cc1)c1ccc(OC)cc1. The maximum Gasteiger partial charge on any atom is 0.251 e. The molecule has 6 nitrogen and oxygen atoms in total. The van der Waals surface area contributed by atoms with Gasteiger partial charge in [0.15, 0.2) is 0 Å². The summed E-state index contributed by atoms with van der Waals surface area (Å²) in [4.78, 5) is 12.8. The average molecular weight is 453 g/mol. The zero-order valence-corrected chi connectivity index (χ0v) is 19.3. The number of hydrogen-bond acceptors (Lipinski definition) is 4. The largest absolute Gasteiger partial charge is 0.497 e. The molecule has 0 aliphatic rings. The topological polar surface area (TPSA) is 75.7 Å². The summed E-state index contributed by atoms with van der Waals surface area (Å²) in [6.07, 6.45) is 1.93. The van der Waals surface area contributed by atoms with Crippen molar-refractivity contribution in [2.75, 3.05) is 17.7 Å². The second-order valence-corrected chi connectivity index (χ2v) is 9.42. The monoisotopic (exact) mass is 452 g/mol. The molecule has 1 atom stereocenters. The molecule has 0 spiro atoms. The average Bonchev–Trinajstić information content (AvgIpc) is 2.81. The van der Waals surface area contributed by atoms with Crippen molar-refractivity contribution in [2.24, 2.45) is 0 Å². The van der Waals surface area contributed by atoms with Gasteiger partial charge in [-0.2, -0.15) is 0 Å². The Morgan fingerprint density at radius 2 is 1.59 bits per heavy atom. The number of nitrogens with one attached hydrogen (secondary N) is 1. The summed E-state index contributed by atoms with van der Waals surface area (Å²) in [6, 6.07) is 23.5. The molecule has 7 heteroatoms. The first kappa shape index (κ1) is 23.3. The van der Waals surface area contributed by atoms with E-state index in [9.17, 15) is 13.2 Å². The van der Waals surface area contributed by atoms with E-state index in [1.807, 2.05) is 37.3 Å². The maximum absolute atomic E-state index is 12.8. The van der Waals surface area contributed by atoms with Gasteiger partial charge in [0.05, 0.1) is 31.6 Å². The predicted molar refractivity (Wildman–Crippen MR) is 127 cm³/mol. The van der Waals surface area contributed by atoms with E-state index in [-0.39, 0.29) is 18.5 Å². The van der Waals surface area contributed by atoms with Crippen molar-refractivity contribution in [1.29, 1.82) is 0 Å². The molecular weight excluding hydrogens is 424 g/mol. The van der Waals surface area contributed by atoms with Crippen LogP contribution in [0.3, 0.4) is 0 Å². The number of ether oxygens (including phenoxy) is 1. The van der Waals surface area contributed by atoms with Crippen LogP contribution in [-0.4, -0.2) is 27.7 Å². The van der Waals surface area contributed by atoms with Gasteiger partial charge in [0, 0.05) is 5.56 Å². The van der Waals surface area contributed by atoms with Crippen molar-refractivity contribution in [2.45, 2.75) is 25.9 Å². The number of benzene rings is 3. The van der Waals surface area contributed by atoms with Crippen LogP contribution in [0.15, 0.2) is 78.9 Å². The molecule has 0 unspecified atom stereocenters. The van der Waals surface area contributed by atoms with E-state index in [1.165, 1.54) is 10.6 Å². The Kier molecular flexibility index (Phi) is 7.53. The van der Waals surface area contributed by atoms with E-state index in [0.717, 1.165) is 23.3 Å². The quantitative estimate of drug-likeness (QED) is 0.517. The molecule has 0 aliphatic heterocycles. The van der Waals surface area contributed by atoms with Crippen molar-refractivity contribution < 1.29 is 17.9 Å². The van der Waals surface area contributed by atoms with Gasteiger partial charge >= 0.3 is 0 Å². The Morgan fingerprint density at radius 1 is 0.969 bits per heavy atom. The van der Waals surface area contributed by atoms with Crippen molar-refractivity contribution in [3.63, 3.8) is 0 Å². The van der Waals surface area contributed by atoms with Crippen LogP contribution in [0.25, 0.3) is 0 Å². The van der Waals surface area contributed by atoms with Crippen molar-refractivity contribution in [3.05, 3.63) is 95.6 Å². The van der Waals surface area contributed by atoms with Crippen LogP contribution in [0, 0.1) is 0 Å². The number of sulfonamides is 1. The number of anilines is 1. The van der Waals surface area contributed by atoms with Crippen molar-refractivity contribution in [1.82, 2.24) is 5.32 Å². The van der Waals surface area contributed by atoms with E-state index in [2.05, 4.69) is 5.32 Å². The maximum atomic E-state index is 12.8. The minimum absolute atomic E-state index is 0.119. The van der Waals surface area contributed by atoms with Crippen LogP contribution in [0.1, 0.15) is 40.9 Å². The van der Waals surface area contributed by atoms with Gasteiger partial charge in [-0.05, 0) is 53.9 Å². The van der Waals surface area contributed by atoms with Crippen molar-refractivity contribution >= 4 is 21.6 Å². The number of nitrogens with zero attached hydrogens (tertiary/aromatic N) is 1. The number of carbonyl (C=O) groups excluding carboxylic acids is 1. The molecule has 1 N–H and O–H groups in total. The molecule has 0 radical (unpaired) electrons. The Bertz CT molecular complexity index is 1130. The fraction of sp³-hybridized carbons (Fsp3) is 0.240. The predicted octanol–water partition coefficient (Wildman–Crippen LogP) is 4.54. The van der Waals surface area contributed by atoms with E-state index in [1.54, 1.807) is 55.6 Å². The second-order valence-electron chi connectivity index (χ2n) is 7.51. The molecular formula is C25H28N2O4S. The van der Waals surface area contributed by atoms with E-state index >= 15 is 0 Å². The van der Waals surface area contributed by atoms with Crippen LogP contribution in [0.2, 0.25) is 0 Å². The summed E-state index contributed by atoms with van der Waals surface area (Å²) in [5.74, 6) is 0.589. The van der Waals surface area contributed by atoms with Gasteiger partial charge in [0.1, 0.15) is 5.75 Å².